The summed E-state index contributed by atoms with van der Waals surface area (Å²) in [7, 11) is 0. The lowest BCUT2D eigenvalue weighted by Crippen LogP contribution is -2.03. The van der Waals surface area contributed by atoms with E-state index in [-0.39, 0.29) is 5.78 Å². The van der Waals surface area contributed by atoms with Crippen LogP contribution in [0, 0.1) is 6.92 Å². The molecule has 0 amide bonds. The van der Waals surface area contributed by atoms with Crippen molar-refractivity contribution in [1.82, 2.24) is 4.98 Å². The van der Waals surface area contributed by atoms with Gasteiger partial charge in [0.25, 0.3) is 0 Å². The molecule has 1 aromatic carbocycles. The lowest BCUT2D eigenvalue weighted by Gasteiger charge is -1.99. The number of hydrogen-bond acceptors (Lipinski definition) is 4. The quantitative estimate of drug-likeness (QED) is 0.653. The summed E-state index contributed by atoms with van der Waals surface area (Å²) in [6.07, 6.45) is 0.355. The van der Waals surface area contributed by atoms with Crippen molar-refractivity contribution in [3.05, 3.63) is 45.9 Å². The summed E-state index contributed by atoms with van der Waals surface area (Å²) >= 11 is 1.56. The standard InChI is InChI=1S/C12H12N2OS/c1-8-14-11(7-16-8)6-12(15)9-2-4-10(13)5-3-9/h2-5,7H,6,13H2,1H3. The van der Waals surface area contributed by atoms with E-state index in [0.717, 1.165) is 10.7 Å². The van der Waals surface area contributed by atoms with Crippen molar-refractivity contribution in [1.29, 1.82) is 0 Å². The second kappa shape index (κ2) is 4.45. The van der Waals surface area contributed by atoms with E-state index in [4.69, 9.17) is 5.73 Å². The summed E-state index contributed by atoms with van der Waals surface area (Å²) in [4.78, 5) is 16.1. The average Bonchev–Trinajstić information content (AvgIpc) is 2.65. The van der Waals surface area contributed by atoms with E-state index >= 15 is 0 Å². The third-order valence-electron chi connectivity index (χ3n) is 2.24. The second-order valence-corrected chi connectivity index (χ2v) is 4.64. The first kappa shape index (κ1) is 10.8. The van der Waals surface area contributed by atoms with E-state index in [0.29, 0.717) is 17.7 Å². The Hall–Kier alpha value is -1.68. The number of nitrogens with zero attached hydrogens (tertiary/aromatic N) is 1. The Morgan fingerprint density at radius 1 is 1.38 bits per heavy atom. The second-order valence-electron chi connectivity index (χ2n) is 3.58. The Balaban J connectivity index is 2.11. The van der Waals surface area contributed by atoms with Crippen molar-refractivity contribution in [3.63, 3.8) is 0 Å². The number of anilines is 1. The van der Waals surface area contributed by atoms with Gasteiger partial charge in [-0.3, -0.25) is 4.79 Å². The van der Waals surface area contributed by atoms with Gasteiger partial charge in [0.15, 0.2) is 5.78 Å². The molecule has 16 heavy (non-hydrogen) atoms. The van der Waals surface area contributed by atoms with Crippen LogP contribution in [-0.2, 0) is 6.42 Å². The Morgan fingerprint density at radius 3 is 2.62 bits per heavy atom. The number of rotatable bonds is 3. The highest BCUT2D eigenvalue weighted by Crippen LogP contribution is 2.12. The lowest BCUT2D eigenvalue weighted by molar-refractivity contribution is 0.0992. The van der Waals surface area contributed by atoms with E-state index in [1.807, 2.05) is 12.3 Å². The number of aryl methyl sites for hydroxylation is 1. The fraction of sp³-hybridized carbons (Fsp3) is 0.167. The molecule has 0 aliphatic heterocycles. The van der Waals surface area contributed by atoms with Crippen LogP contribution in [0.3, 0.4) is 0 Å². The molecule has 0 fully saturated rings. The predicted molar refractivity (Wildman–Crippen MR) is 65.7 cm³/mol. The van der Waals surface area contributed by atoms with Gasteiger partial charge in [0, 0.05) is 16.6 Å². The zero-order valence-electron chi connectivity index (χ0n) is 8.93. The molecule has 2 aromatic rings. The van der Waals surface area contributed by atoms with Crippen LogP contribution < -0.4 is 5.73 Å². The molecule has 1 heterocycles. The maximum Gasteiger partial charge on any atom is 0.168 e. The van der Waals surface area contributed by atoms with Gasteiger partial charge in [-0.05, 0) is 31.2 Å². The number of nitrogens with two attached hydrogens (primary N) is 1. The molecule has 0 bridgehead atoms. The fourth-order valence-electron chi connectivity index (χ4n) is 1.43. The van der Waals surface area contributed by atoms with Crippen LogP contribution in [-0.4, -0.2) is 10.8 Å². The number of nitrogen functional groups attached to an aromatic ring is 1. The van der Waals surface area contributed by atoms with Crippen molar-refractivity contribution < 1.29 is 4.79 Å². The number of aromatic nitrogens is 1. The number of hydrogen-bond donors (Lipinski definition) is 1. The number of benzene rings is 1. The van der Waals surface area contributed by atoms with Crippen LogP contribution in [0.1, 0.15) is 21.1 Å². The Kier molecular flexibility index (Phi) is 3.01. The SMILES string of the molecule is Cc1nc(CC(=O)c2ccc(N)cc2)cs1. The highest BCUT2D eigenvalue weighted by atomic mass is 32.1. The van der Waals surface area contributed by atoms with E-state index in [9.17, 15) is 4.79 Å². The zero-order valence-corrected chi connectivity index (χ0v) is 9.75. The van der Waals surface area contributed by atoms with Crippen LogP contribution in [0.2, 0.25) is 0 Å². The van der Waals surface area contributed by atoms with Crippen molar-refractivity contribution in [2.75, 3.05) is 5.73 Å². The smallest absolute Gasteiger partial charge is 0.168 e. The molecule has 0 spiro atoms. The first-order chi connectivity index (χ1) is 7.65. The maximum absolute atomic E-state index is 11.9. The molecule has 0 aliphatic rings. The molecular weight excluding hydrogens is 220 g/mol. The number of carbonyl (C=O) groups is 1. The normalized spacial score (nSPS) is 10.3. The van der Waals surface area contributed by atoms with Crippen molar-refractivity contribution >= 4 is 22.8 Å². The third-order valence-corrected chi connectivity index (χ3v) is 3.06. The molecule has 0 saturated heterocycles. The number of thiazole rings is 1. The minimum absolute atomic E-state index is 0.0744. The average molecular weight is 232 g/mol. The van der Waals surface area contributed by atoms with Gasteiger partial charge in [-0.1, -0.05) is 0 Å². The van der Waals surface area contributed by atoms with Crippen molar-refractivity contribution in [2.24, 2.45) is 0 Å². The predicted octanol–water partition coefficient (Wildman–Crippen LogP) is 2.46. The zero-order chi connectivity index (χ0) is 11.5. The van der Waals surface area contributed by atoms with E-state index in [1.165, 1.54) is 0 Å². The molecule has 0 atom stereocenters. The Bertz CT molecular complexity index is 502. The van der Waals surface area contributed by atoms with Crippen LogP contribution in [0.25, 0.3) is 0 Å². The molecule has 0 aliphatic carbocycles. The summed E-state index contributed by atoms with van der Waals surface area (Å²) in [5.74, 6) is 0.0744. The lowest BCUT2D eigenvalue weighted by atomic mass is 10.1. The van der Waals surface area contributed by atoms with Crippen molar-refractivity contribution in [3.8, 4) is 0 Å². The highest BCUT2D eigenvalue weighted by molar-refractivity contribution is 7.09. The molecule has 0 radical (unpaired) electrons. The van der Waals surface area contributed by atoms with Gasteiger partial charge >= 0.3 is 0 Å². The number of carbonyl (C=O) groups excluding carboxylic acids is 1. The van der Waals surface area contributed by atoms with Gasteiger partial charge in [-0.25, -0.2) is 4.98 Å². The third kappa shape index (κ3) is 2.46. The number of Topliss-reactive ketones (excluding diaryl/α,β-unsaturated/α-hetero) is 1. The summed E-state index contributed by atoms with van der Waals surface area (Å²) < 4.78 is 0. The summed E-state index contributed by atoms with van der Waals surface area (Å²) in [6.45, 7) is 1.93. The molecular formula is C12H12N2OS. The minimum Gasteiger partial charge on any atom is -0.399 e. The molecule has 1 aromatic heterocycles. The van der Waals surface area contributed by atoms with Crippen LogP contribution in [0.4, 0.5) is 5.69 Å². The highest BCUT2D eigenvalue weighted by Gasteiger charge is 2.08. The van der Waals surface area contributed by atoms with Gasteiger partial charge in [0.05, 0.1) is 17.1 Å². The minimum atomic E-state index is 0.0744. The molecule has 0 unspecified atom stereocenters. The van der Waals surface area contributed by atoms with Gasteiger partial charge in [0.1, 0.15) is 0 Å². The first-order valence-electron chi connectivity index (χ1n) is 4.95. The molecule has 2 N–H and O–H groups in total. The monoisotopic (exact) mass is 232 g/mol. The topological polar surface area (TPSA) is 56.0 Å². The van der Waals surface area contributed by atoms with E-state index in [1.54, 1.807) is 35.6 Å². The Labute approximate surface area is 97.9 Å². The maximum atomic E-state index is 11.9. The molecule has 3 nitrogen and oxygen atoms in total. The summed E-state index contributed by atoms with van der Waals surface area (Å²) in [5.41, 5.74) is 7.75. The van der Waals surface area contributed by atoms with Gasteiger partial charge in [0.2, 0.25) is 0 Å². The van der Waals surface area contributed by atoms with Crippen LogP contribution >= 0.6 is 11.3 Å². The number of ketones is 1. The molecule has 0 saturated carbocycles. The summed E-state index contributed by atoms with van der Waals surface area (Å²) in [5, 5.41) is 2.91. The molecule has 82 valence electrons. The van der Waals surface area contributed by atoms with E-state index < -0.39 is 0 Å². The summed E-state index contributed by atoms with van der Waals surface area (Å²) in [6, 6.07) is 6.97. The van der Waals surface area contributed by atoms with Gasteiger partial charge in [-0.2, -0.15) is 0 Å². The van der Waals surface area contributed by atoms with Crippen molar-refractivity contribution in [2.45, 2.75) is 13.3 Å². The molecule has 4 heteroatoms. The van der Waals surface area contributed by atoms with E-state index in [2.05, 4.69) is 4.98 Å². The molecule has 2 rings (SSSR count). The first-order valence-corrected chi connectivity index (χ1v) is 5.83. The Morgan fingerprint density at radius 2 is 2.06 bits per heavy atom. The van der Waals surface area contributed by atoms with Crippen LogP contribution in [0.5, 0.6) is 0 Å². The van der Waals surface area contributed by atoms with Gasteiger partial charge < -0.3 is 5.73 Å². The largest absolute Gasteiger partial charge is 0.399 e. The van der Waals surface area contributed by atoms with Crippen LogP contribution in [0.15, 0.2) is 29.6 Å². The fourth-order valence-corrected chi connectivity index (χ4v) is 2.04. The van der Waals surface area contributed by atoms with Gasteiger partial charge in [-0.15, -0.1) is 11.3 Å².